The molecule has 0 heterocycles. The van der Waals surface area contributed by atoms with E-state index in [0.29, 0.717) is 0 Å². The van der Waals surface area contributed by atoms with Crippen molar-refractivity contribution >= 4 is 11.7 Å². The molecule has 0 radical (unpaired) electrons. The third kappa shape index (κ3) is 2.29. The van der Waals surface area contributed by atoms with E-state index in [1.54, 1.807) is 6.08 Å². The number of isocyanates is 1. The van der Waals surface area contributed by atoms with Gasteiger partial charge in [-0.25, -0.2) is 4.79 Å². The van der Waals surface area contributed by atoms with Crippen LogP contribution in [-0.4, -0.2) is 6.08 Å². The lowest BCUT2D eigenvalue weighted by atomic mass is 9.87. The summed E-state index contributed by atoms with van der Waals surface area (Å²) < 4.78 is 0. The Morgan fingerprint density at radius 2 is 2.06 bits per heavy atom. The standard InChI is InChI=1S/C14H17NO/c1-10(2)12-7-6-8-13(11(12)3)14(4,5)15-9-16/h6-8H,1H2,2-5H3. The van der Waals surface area contributed by atoms with E-state index < -0.39 is 5.54 Å². The summed E-state index contributed by atoms with van der Waals surface area (Å²) in [5.41, 5.74) is 3.77. The minimum atomic E-state index is -0.530. The monoisotopic (exact) mass is 215 g/mol. The molecule has 0 unspecified atom stereocenters. The van der Waals surface area contributed by atoms with Gasteiger partial charge in [-0.15, -0.1) is 0 Å². The van der Waals surface area contributed by atoms with Crippen LogP contribution in [0.1, 0.15) is 37.5 Å². The highest BCUT2D eigenvalue weighted by Gasteiger charge is 2.22. The Bertz CT molecular complexity index is 466. The Kier molecular flexibility index (Phi) is 3.46. The molecule has 16 heavy (non-hydrogen) atoms. The van der Waals surface area contributed by atoms with Gasteiger partial charge in [0.15, 0.2) is 0 Å². The molecular formula is C14H17NO. The predicted octanol–water partition coefficient (Wildman–Crippen LogP) is 3.60. The molecule has 2 heteroatoms. The first-order chi connectivity index (χ1) is 7.40. The molecule has 0 atom stereocenters. The molecule has 0 fully saturated rings. The van der Waals surface area contributed by atoms with Gasteiger partial charge in [-0.05, 0) is 44.4 Å². The third-order valence-electron chi connectivity index (χ3n) is 2.78. The van der Waals surface area contributed by atoms with Gasteiger partial charge in [-0.3, -0.25) is 0 Å². The smallest absolute Gasteiger partial charge is 0.211 e. The van der Waals surface area contributed by atoms with E-state index in [2.05, 4.69) is 11.6 Å². The number of nitrogens with zero attached hydrogens (tertiary/aromatic N) is 1. The molecule has 0 aromatic heterocycles. The number of hydrogen-bond donors (Lipinski definition) is 0. The maximum atomic E-state index is 10.4. The maximum absolute atomic E-state index is 10.4. The van der Waals surface area contributed by atoms with Crippen molar-refractivity contribution in [3.8, 4) is 0 Å². The van der Waals surface area contributed by atoms with Crippen LogP contribution in [0.5, 0.6) is 0 Å². The maximum Gasteiger partial charge on any atom is 0.235 e. The highest BCUT2D eigenvalue weighted by Crippen LogP contribution is 2.30. The van der Waals surface area contributed by atoms with Crippen LogP contribution in [0.4, 0.5) is 0 Å². The average Bonchev–Trinajstić information content (AvgIpc) is 2.17. The van der Waals surface area contributed by atoms with Gasteiger partial charge in [0.1, 0.15) is 0 Å². The zero-order valence-electron chi connectivity index (χ0n) is 10.3. The fraction of sp³-hybridized carbons (Fsp3) is 0.357. The summed E-state index contributed by atoms with van der Waals surface area (Å²) >= 11 is 0. The molecule has 0 aliphatic rings. The van der Waals surface area contributed by atoms with E-state index in [0.717, 1.165) is 22.3 Å². The van der Waals surface area contributed by atoms with Gasteiger partial charge in [0.05, 0.1) is 5.54 Å². The van der Waals surface area contributed by atoms with Gasteiger partial charge in [-0.1, -0.05) is 30.4 Å². The van der Waals surface area contributed by atoms with E-state index in [1.807, 2.05) is 45.9 Å². The predicted molar refractivity (Wildman–Crippen MR) is 67.0 cm³/mol. The molecule has 84 valence electrons. The van der Waals surface area contributed by atoms with Crippen LogP contribution < -0.4 is 0 Å². The number of allylic oxidation sites excluding steroid dienone is 1. The van der Waals surface area contributed by atoms with Crippen molar-refractivity contribution in [3.05, 3.63) is 41.5 Å². The van der Waals surface area contributed by atoms with Crippen molar-refractivity contribution in [2.24, 2.45) is 4.99 Å². The molecule has 0 N–H and O–H groups in total. The number of aliphatic imine (C=N–C) groups is 1. The fourth-order valence-corrected chi connectivity index (χ4v) is 1.94. The third-order valence-corrected chi connectivity index (χ3v) is 2.78. The normalized spacial score (nSPS) is 10.8. The number of hydrogen-bond acceptors (Lipinski definition) is 2. The topological polar surface area (TPSA) is 29.4 Å². The highest BCUT2D eigenvalue weighted by molar-refractivity contribution is 5.66. The summed E-state index contributed by atoms with van der Waals surface area (Å²) in [6.07, 6.45) is 1.63. The van der Waals surface area contributed by atoms with E-state index in [9.17, 15) is 4.79 Å². The molecule has 0 spiro atoms. The summed E-state index contributed by atoms with van der Waals surface area (Å²) in [4.78, 5) is 14.3. The van der Waals surface area contributed by atoms with Gasteiger partial charge in [-0.2, -0.15) is 4.99 Å². The van der Waals surface area contributed by atoms with Gasteiger partial charge < -0.3 is 0 Å². The van der Waals surface area contributed by atoms with Crippen LogP contribution in [0.25, 0.3) is 5.57 Å². The molecule has 0 saturated carbocycles. The number of carbonyl (C=O) groups excluding carboxylic acids is 1. The van der Waals surface area contributed by atoms with Gasteiger partial charge >= 0.3 is 0 Å². The van der Waals surface area contributed by atoms with Crippen molar-refractivity contribution in [2.75, 3.05) is 0 Å². The van der Waals surface area contributed by atoms with Crippen molar-refractivity contribution in [1.29, 1.82) is 0 Å². The van der Waals surface area contributed by atoms with Gasteiger partial charge in [0.25, 0.3) is 0 Å². The second-order valence-corrected chi connectivity index (χ2v) is 4.52. The second-order valence-electron chi connectivity index (χ2n) is 4.52. The molecule has 1 aromatic rings. The van der Waals surface area contributed by atoms with E-state index in [-0.39, 0.29) is 0 Å². The van der Waals surface area contributed by atoms with Crippen LogP contribution in [0.3, 0.4) is 0 Å². The fourth-order valence-electron chi connectivity index (χ4n) is 1.94. The van der Waals surface area contributed by atoms with Gasteiger partial charge in [0, 0.05) is 0 Å². The van der Waals surface area contributed by atoms with Gasteiger partial charge in [0.2, 0.25) is 6.08 Å². The second kappa shape index (κ2) is 4.46. The molecule has 2 nitrogen and oxygen atoms in total. The van der Waals surface area contributed by atoms with E-state index in [1.165, 1.54) is 0 Å². The first kappa shape index (κ1) is 12.4. The zero-order chi connectivity index (χ0) is 12.3. The quantitative estimate of drug-likeness (QED) is 0.559. The summed E-state index contributed by atoms with van der Waals surface area (Å²) in [6.45, 7) is 11.8. The number of benzene rings is 1. The van der Waals surface area contributed by atoms with Crippen LogP contribution in [0, 0.1) is 6.92 Å². The van der Waals surface area contributed by atoms with Crippen molar-refractivity contribution < 1.29 is 4.79 Å². The molecule has 0 saturated heterocycles. The summed E-state index contributed by atoms with van der Waals surface area (Å²) in [7, 11) is 0. The van der Waals surface area contributed by atoms with Crippen molar-refractivity contribution in [1.82, 2.24) is 0 Å². The largest absolute Gasteiger partial charge is 0.235 e. The minimum absolute atomic E-state index is 0.530. The molecule has 0 aliphatic carbocycles. The molecule has 0 amide bonds. The van der Waals surface area contributed by atoms with E-state index >= 15 is 0 Å². The molecule has 1 aromatic carbocycles. The minimum Gasteiger partial charge on any atom is -0.211 e. The lowest BCUT2D eigenvalue weighted by Gasteiger charge is -2.22. The van der Waals surface area contributed by atoms with Crippen molar-refractivity contribution in [2.45, 2.75) is 33.2 Å². The average molecular weight is 215 g/mol. The van der Waals surface area contributed by atoms with Crippen LogP contribution in [0.15, 0.2) is 29.8 Å². The number of rotatable bonds is 3. The van der Waals surface area contributed by atoms with Crippen LogP contribution in [-0.2, 0) is 10.3 Å². The summed E-state index contributed by atoms with van der Waals surface area (Å²) in [5.74, 6) is 0. The highest BCUT2D eigenvalue weighted by atomic mass is 16.1. The van der Waals surface area contributed by atoms with E-state index in [4.69, 9.17) is 0 Å². The zero-order valence-corrected chi connectivity index (χ0v) is 10.3. The lowest BCUT2D eigenvalue weighted by molar-refractivity contribution is 0.521. The SMILES string of the molecule is C=C(C)c1cccc(C(C)(C)N=C=O)c1C. The Morgan fingerprint density at radius 3 is 2.56 bits per heavy atom. The Morgan fingerprint density at radius 1 is 1.44 bits per heavy atom. The van der Waals surface area contributed by atoms with Crippen LogP contribution >= 0.6 is 0 Å². The Labute approximate surface area is 96.7 Å². The van der Waals surface area contributed by atoms with Crippen molar-refractivity contribution in [3.63, 3.8) is 0 Å². The van der Waals surface area contributed by atoms with Crippen LogP contribution in [0.2, 0.25) is 0 Å². The molecular weight excluding hydrogens is 198 g/mol. The molecule has 1 rings (SSSR count). The molecule has 0 aliphatic heterocycles. The first-order valence-electron chi connectivity index (χ1n) is 5.25. The summed E-state index contributed by atoms with van der Waals surface area (Å²) in [5, 5.41) is 0. The summed E-state index contributed by atoms with van der Waals surface area (Å²) in [6, 6.07) is 5.99. The Balaban J connectivity index is 3.41. The lowest BCUT2D eigenvalue weighted by Crippen LogP contribution is -2.15. The first-order valence-corrected chi connectivity index (χ1v) is 5.25. The molecule has 0 bridgehead atoms. The Hall–Kier alpha value is -1.66.